The van der Waals surface area contributed by atoms with Gasteiger partial charge in [0.25, 0.3) is 5.91 Å². The van der Waals surface area contributed by atoms with E-state index in [1.54, 1.807) is 0 Å². The molecular weight excluding hydrogens is 332 g/mol. The van der Waals surface area contributed by atoms with Crippen molar-refractivity contribution in [1.29, 1.82) is 0 Å². The maximum atomic E-state index is 12.1. The van der Waals surface area contributed by atoms with Gasteiger partial charge in [0.1, 0.15) is 4.88 Å². The van der Waals surface area contributed by atoms with Gasteiger partial charge in [-0.05, 0) is 30.7 Å². The molecule has 0 fully saturated rings. The van der Waals surface area contributed by atoms with Crippen LogP contribution in [0, 0.1) is 6.92 Å². The fourth-order valence-corrected chi connectivity index (χ4v) is 3.55. The van der Waals surface area contributed by atoms with E-state index in [2.05, 4.69) is 10.3 Å². The Morgan fingerprint density at radius 3 is 2.76 bits per heavy atom. The average molecular weight is 345 g/mol. The zero-order valence-electron chi connectivity index (χ0n) is 11.2. The second-order valence-electron chi connectivity index (χ2n) is 4.41. The Kier molecular flexibility index (Phi) is 5.33. The lowest BCUT2D eigenvalue weighted by atomic mass is 10.2. The van der Waals surface area contributed by atoms with Gasteiger partial charge in [-0.25, -0.2) is 4.98 Å². The van der Waals surface area contributed by atoms with Crippen molar-refractivity contribution >= 4 is 51.3 Å². The van der Waals surface area contributed by atoms with E-state index in [1.807, 2.05) is 17.7 Å². The molecule has 0 aliphatic carbocycles. The topological polar surface area (TPSA) is 79.3 Å². The Balaban J connectivity index is 1.94. The molecule has 0 radical (unpaired) electrons. The number of carboxylic acids is 1. The molecule has 0 saturated carbocycles. The van der Waals surface area contributed by atoms with Crippen molar-refractivity contribution in [3.05, 3.63) is 31.9 Å². The Hall–Kier alpha value is -1.44. The number of nitrogens with zero attached hydrogens (tertiary/aromatic N) is 1. The molecule has 112 valence electrons. The van der Waals surface area contributed by atoms with E-state index in [1.165, 1.54) is 22.7 Å². The molecule has 0 saturated heterocycles. The van der Waals surface area contributed by atoms with Crippen molar-refractivity contribution in [3.63, 3.8) is 0 Å². The summed E-state index contributed by atoms with van der Waals surface area (Å²) >= 11 is 8.66. The van der Waals surface area contributed by atoms with Gasteiger partial charge in [0.15, 0.2) is 5.13 Å². The molecule has 2 N–H and O–H groups in total. The molecule has 8 heteroatoms. The lowest BCUT2D eigenvalue weighted by Gasteiger charge is -1.99. The highest BCUT2D eigenvalue weighted by Gasteiger charge is 2.16. The SMILES string of the molecule is Cc1csc(C(=O)Nc2nc(CCCC(=O)O)cs2)c1Cl. The summed E-state index contributed by atoms with van der Waals surface area (Å²) in [5.74, 6) is -1.09. The molecule has 2 rings (SSSR count). The Morgan fingerprint density at radius 1 is 1.38 bits per heavy atom. The number of nitrogens with one attached hydrogen (secondary N) is 1. The van der Waals surface area contributed by atoms with Gasteiger partial charge in [-0.3, -0.25) is 14.9 Å². The number of anilines is 1. The lowest BCUT2D eigenvalue weighted by molar-refractivity contribution is -0.137. The lowest BCUT2D eigenvalue weighted by Crippen LogP contribution is -2.10. The van der Waals surface area contributed by atoms with Crippen molar-refractivity contribution in [2.45, 2.75) is 26.2 Å². The van der Waals surface area contributed by atoms with E-state index in [0.717, 1.165) is 11.3 Å². The van der Waals surface area contributed by atoms with Crippen LogP contribution in [0.2, 0.25) is 5.02 Å². The highest BCUT2D eigenvalue weighted by atomic mass is 35.5. The highest BCUT2D eigenvalue weighted by Crippen LogP contribution is 2.28. The van der Waals surface area contributed by atoms with Gasteiger partial charge in [0.05, 0.1) is 10.7 Å². The minimum absolute atomic E-state index is 0.114. The maximum Gasteiger partial charge on any atom is 0.303 e. The van der Waals surface area contributed by atoms with Gasteiger partial charge in [-0.2, -0.15) is 0 Å². The van der Waals surface area contributed by atoms with Gasteiger partial charge in [0.2, 0.25) is 0 Å². The summed E-state index contributed by atoms with van der Waals surface area (Å²) in [4.78, 5) is 27.2. The third-order valence-corrected chi connectivity index (χ3v) is 5.20. The Labute approximate surface area is 134 Å². The Morgan fingerprint density at radius 2 is 2.14 bits per heavy atom. The number of thiophene rings is 1. The van der Waals surface area contributed by atoms with Gasteiger partial charge in [-0.1, -0.05) is 11.6 Å². The number of aryl methyl sites for hydroxylation is 2. The van der Waals surface area contributed by atoms with Crippen LogP contribution in [0.15, 0.2) is 10.8 Å². The summed E-state index contributed by atoms with van der Waals surface area (Å²) in [5, 5.41) is 15.9. The Bertz CT molecular complexity index is 666. The smallest absolute Gasteiger partial charge is 0.303 e. The quantitative estimate of drug-likeness (QED) is 0.834. The number of thiazole rings is 1. The van der Waals surface area contributed by atoms with Crippen LogP contribution in [0.25, 0.3) is 0 Å². The van der Waals surface area contributed by atoms with E-state index in [9.17, 15) is 9.59 Å². The first kappa shape index (κ1) is 15.9. The third-order valence-electron chi connectivity index (χ3n) is 2.70. The van der Waals surface area contributed by atoms with Crippen molar-refractivity contribution in [2.75, 3.05) is 5.32 Å². The van der Waals surface area contributed by atoms with E-state index in [4.69, 9.17) is 16.7 Å². The van der Waals surface area contributed by atoms with E-state index >= 15 is 0 Å². The fourth-order valence-electron chi connectivity index (χ4n) is 1.64. The molecule has 0 unspecified atom stereocenters. The summed E-state index contributed by atoms with van der Waals surface area (Å²) in [6.45, 7) is 1.85. The summed E-state index contributed by atoms with van der Waals surface area (Å²) in [6.07, 6.45) is 1.23. The first-order valence-electron chi connectivity index (χ1n) is 6.18. The van der Waals surface area contributed by atoms with E-state index < -0.39 is 5.97 Å². The van der Waals surface area contributed by atoms with Crippen LogP contribution < -0.4 is 5.32 Å². The predicted molar refractivity (Wildman–Crippen MR) is 84.7 cm³/mol. The fraction of sp³-hybridized carbons (Fsp3) is 0.308. The van der Waals surface area contributed by atoms with Crippen molar-refractivity contribution in [1.82, 2.24) is 4.98 Å². The molecule has 2 aromatic rings. The van der Waals surface area contributed by atoms with Gasteiger partial charge in [-0.15, -0.1) is 22.7 Å². The number of carboxylic acid groups (broad SMARTS) is 1. The van der Waals surface area contributed by atoms with Gasteiger partial charge < -0.3 is 5.11 Å². The highest BCUT2D eigenvalue weighted by molar-refractivity contribution is 7.14. The average Bonchev–Trinajstić information content (AvgIpc) is 2.98. The van der Waals surface area contributed by atoms with Crippen LogP contribution in [0.5, 0.6) is 0 Å². The van der Waals surface area contributed by atoms with Crippen molar-refractivity contribution < 1.29 is 14.7 Å². The molecule has 5 nitrogen and oxygen atoms in total. The normalized spacial score (nSPS) is 10.6. The zero-order chi connectivity index (χ0) is 15.4. The number of hydrogen-bond acceptors (Lipinski definition) is 5. The molecule has 0 bridgehead atoms. The zero-order valence-corrected chi connectivity index (χ0v) is 13.6. The molecule has 2 aromatic heterocycles. The minimum atomic E-state index is -0.818. The third kappa shape index (κ3) is 4.26. The molecule has 0 aliphatic rings. The maximum absolute atomic E-state index is 12.1. The summed E-state index contributed by atoms with van der Waals surface area (Å²) in [6, 6.07) is 0. The molecular formula is C13H13ClN2O3S2. The monoisotopic (exact) mass is 344 g/mol. The molecule has 0 spiro atoms. The van der Waals surface area contributed by atoms with Crippen molar-refractivity contribution in [3.8, 4) is 0 Å². The van der Waals surface area contributed by atoms with E-state index in [-0.39, 0.29) is 12.3 Å². The summed E-state index contributed by atoms with van der Waals surface area (Å²) in [7, 11) is 0. The van der Waals surface area contributed by atoms with Crippen LogP contribution in [0.3, 0.4) is 0 Å². The molecule has 21 heavy (non-hydrogen) atoms. The number of carbonyl (C=O) groups is 2. The summed E-state index contributed by atoms with van der Waals surface area (Å²) < 4.78 is 0. The number of aromatic nitrogens is 1. The second-order valence-corrected chi connectivity index (χ2v) is 6.52. The van der Waals surface area contributed by atoms with Crippen LogP contribution in [-0.2, 0) is 11.2 Å². The molecule has 1 amide bonds. The van der Waals surface area contributed by atoms with Crippen LogP contribution in [0.4, 0.5) is 5.13 Å². The standard InChI is InChI=1S/C13H13ClN2O3S2/c1-7-5-20-11(10(7)14)12(19)16-13-15-8(6-21-13)3-2-4-9(17)18/h5-6H,2-4H2,1H3,(H,17,18)(H,15,16,19). The predicted octanol–water partition coefficient (Wildman–Crippen LogP) is 3.83. The molecule has 2 heterocycles. The van der Waals surface area contributed by atoms with Crippen molar-refractivity contribution in [2.24, 2.45) is 0 Å². The first-order chi connectivity index (χ1) is 9.97. The molecule has 0 aliphatic heterocycles. The number of amides is 1. The first-order valence-corrected chi connectivity index (χ1v) is 8.32. The number of rotatable bonds is 6. The second kappa shape index (κ2) is 7.02. The minimum Gasteiger partial charge on any atom is -0.481 e. The molecule has 0 atom stereocenters. The molecule has 0 aromatic carbocycles. The number of halogens is 1. The van der Waals surface area contributed by atoms with E-state index in [0.29, 0.717) is 27.9 Å². The number of hydrogen-bond donors (Lipinski definition) is 2. The number of carbonyl (C=O) groups excluding carboxylic acids is 1. The van der Waals surface area contributed by atoms with Crippen LogP contribution >= 0.6 is 34.3 Å². The van der Waals surface area contributed by atoms with Crippen LogP contribution in [-0.4, -0.2) is 22.0 Å². The van der Waals surface area contributed by atoms with Crippen LogP contribution in [0.1, 0.15) is 33.8 Å². The summed E-state index contributed by atoms with van der Waals surface area (Å²) in [5.41, 5.74) is 1.66. The number of aliphatic carboxylic acids is 1. The van der Waals surface area contributed by atoms with Gasteiger partial charge >= 0.3 is 5.97 Å². The van der Waals surface area contributed by atoms with Gasteiger partial charge in [0, 0.05) is 11.8 Å². The largest absolute Gasteiger partial charge is 0.481 e.